The third kappa shape index (κ3) is 2.37. The molecule has 0 amide bonds. The second-order valence-corrected chi connectivity index (χ2v) is 2.37. The molecule has 0 bridgehead atoms. The summed E-state index contributed by atoms with van der Waals surface area (Å²) < 4.78 is 0. The Morgan fingerprint density at radius 2 is 2.25 bits per heavy atom. The van der Waals surface area contributed by atoms with E-state index in [4.69, 9.17) is 11.6 Å². The summed E-state index contributed by atoms with van der Waals surface area (Å²) in [5, 5.41) is 0. The van der Waals surface area contributed by atoms with E-state index in [0.717, 1.165) is 12.0 Å². The molecule has 8 heavy (non-hydrogen) atoms. The fourth-order valence-electron chi connectivity index (χ4n) is 0.420. The van der Waals surface area contributed by atoms with Gasteiger partial charge in [0.05, 0.1) is 0 Å². The van der Waals surface area contributed by atoms with E-state index in [0.29, 0.717) is 11.8 Å². The highest BCUT2D eigenvalue weighted by Gasteiger charge is 1.99. The molecule has 0 rings (SSSR count). The summed E-state index contributed by atoms with van der Waals surface area (Å²) in [4.78, 5) is 0. The van der Waals surface area contributed by atoms with Crippen molar-refractivity contribution in [1.82, 2.24) is 0 Å². The number of halogens is 1. The Bertz CT molecular complexity index is 76.5. The third-order valence-corrected chi connectivity index (χ3v) is 1.82. The molecule has 0 N–H and O–H groups in total. The fourth-order valence-corrected chi connectivity index (χ4v) is 0.684. The second-order valence-electron chi connectivity index (χ2n) is 2.10. The van der Waals surface area contributed by atoms with E-state index in [2.05, 4.69) is 20.4 Å². The van der Waals surface area contributed by atoms with Gasteiger partial charge >= 0.3 is 0 Å². The average Bonchev–Trinajstić information content (AvgIpc) is 1.84. The van der Waals surface area contributed by atoms with E-state index in [1.54, 1.807) is 0 Å². The fraction of sp³-hybridized carbons (Fsp3) is 0.714. The first kappa shape index (κ1) is 8.03. The number of alkyl halides is 1. The molecule has 1 heteroatoms. The van der Waals surface area contributed by atoms with Gasteiger partial charge in [-0.2, -0.15) is 0 Å². The van der Waals surface area contributed by atoms with Crippen LogP contribution in [0.3, 0.4) is 0 Å². The van der Waals surface area contributed by atoms with Crippen molar-refractivity contribution in [2.45, 2.75) is 20.3 Å². The third-order valence-electron chi connectivity index (χ3n) is 1.48. The minimum atomic E-state index is 0.590. The maximum atomic E-state index is 5.53. The molecule has 0 heterocycles. The van der Waals surface area contributed by atoms with Crippen molar-refractivity contribution in [2.24, 2.45) is 5.92 Å². The van der Waals surface area contributed by atoms with Crippen molar-refractivity contribution in [3.8, 4) is 0 Å². The van der Waals surface area contributed by atoms with Gasteiger partial charge in [0.1, 0.15) is 0 Å². The summed E-state index contributed by atoms with van der Waals surface area (Å²) >= 11 is 5.53. The van der Waals surface area contributed by atoms with Crippen LogP contribution >= 0.6 is 11.6 Å². The topological polar surface area (TPSA) is 0 Å². The largest absolute Gasteiger partial charge is 0.122 e. The van der Waals surface area contributed by atoms with Gasteiger partial charge in [-0.05, 0) is 12.3 Å². The predicted octanol–water partition coefficient (Wildman–Crippen LogP) is 2.83. The lowest BCUT2D eigenvalue weighted by molar-refractivity contribution is 0.660. The van der Waals surface area contributed by atoms with Gasteiger partial charge in [-0.15, -0.1) is 11.6 Å². The lowest BCUT2D eigenvalue weighted by Crippen LogP contribution is -1.96. The number of rotatable bonds is 3. The lowest BCUT2D eigenvalue weighted by atomic mass is 10.0. The predicted molar refractivity (Wildman–Crippen MR) is 39.3 cm³/mol. The molecule has 0 spiro atoms. The molecule has 48 valence electrons. The zero-order valence-corrected chi connectivity index (χ0v) is 6.33. The molecule has 0 aromatic carbocycles. The van der Waals surface area contributed by atoms with Gasteiger partial charge in [0.2, 0.25) is 0 Å². The molecular formula is C7H13Cl. The summed E-state index contributed by atoms with van der Waals surface area (Å²) in [5.41, 5.74) is 1.15. The molecule has 1 atom stereocenters. The molecule has 0 fully saturated rings. The number of hydrogen-bond donors (Lipinski definition) is 0. The second kappa shape index (κ2) is 3.96. The van der Waals surface area contributed by atoms with Crippen molar-refractivity contribution >= 4 is 11.6 Å². The minimum Gasteiger partial charge on any atom is -0.122 e. The molecule has 0 nitrogen and oxygen atoms in total. The summed E-state index contributed by atoms with van der Waals surface area (Å²) in [5.74, 6) is 1.20. The van der Waals surface area contributed by atoms with E-state index in [-0.39, 0.29) is 0 Å². The van der Waals surface area contributed by atoms with Gasteiger partial charge in [-0.3, -0.25) is 0 Å². The Hall–Kier alpha value is 0.0300. The average molecular weight is 133 g/mol. The number of allylic oxidation sites excluding steroid dienone is 1. The van der Waals surface area contributed by atoms with Gasteiger partial charge in [-0.25, -0.2) is 0 Å². The van der Waals surface area contributed by atoms with Crippen molar-refractivity contribution in [1.29, 1.82) is 0 Å². The SMILES string of the molecule is C=C(CCl)[C@@H](C)CC. The van der Waals surface area contributed by atoms with Crippen LogP contribution in [0.2, 0.25) is 0 Å². The van der Waals surface area contributed by atoms with E-state index < -0.39 is 0 Å². The molecule has 0 unspecified atom stereocenters. The van der Waals surface area contributed by atoms with Gasteiger partial charge in [0, 0.05) is 5.88 Å². The maximum Gasteiger partial charge on any atom is 0.0433 e. The Kier molecular flexibility index (Phi) is 3.98. The summed E-state index contributed by atoms with van der Waals surface area (Å²) in [7, 11) is 0. The van der Waals surface area contributed by atoms with Crippen molar-refractivity contribution in [3.63, 3.8) is 0 Å². The van der Waals surface area contributed by atoms with Crippen LogP contribution in [0.1, 0.15) is 20.3 Å². The zero-order chi connectivity index (χ0) is 6.57. The van der Waals surface area contributed by atoms with E-state index in [9.17, 15) is 0 Å². The maximum absolute atomic E-state index is 5.53. The first-order chi connectivity index (χ1) is 3.72. The van der Waals surface area contributed by atoms with Crippen LogP contribution in [0.25, 0.3) is 0 Å². The molecule has 0 saturated carbocycles. The van der Waals surface area contributed by atoms with Gasteiger partial charge in [0.15, 0.2) is 0 Å². The highest BCUT2D eigenvalue weighted by molar-refractivity contribution is 6.19. The van der Waals surface area contributed by atoms with Crippen molar-refractivity contribution < 1.29 is 0 Å². The molecule has 0 aliphatic rings. The summed E-state index contributed by atoms with van der Waals surface area (Å²) in [6.45, 7) is 8.10. The van der Waals surface area contributed by atoms with Crippen LogP contribution in [0.4, 0.5) is 0 Å². The summed E-state index contributed by atoms with van der Waals surface area (Å²) in [6.07, 6.45) is 1.14. The van der Waals surface area contributed by atoms with E-state index in [1.165, 1.54) is 0 Å². The van der Waals surface area contributed by atoms with E-state index in [1.807, 2.05) is 0 Å². The molecule has 0 aromatic rings. The number of hydrogen-bond acceptors (Lipinski definition) is 0. The van der Waals surface area contributed by atoms with Crippen molar-refractivity contribution in [2.75, 3.05) is 5.88 Å². The van der Waals surface area contributed by atoms with Crippen LogP contribution in [0, 0.1) is 5.92 Å². The van der Waals surface area contributed by atoms with Crippen LogP contribution in [-0.4, -0.2) is 5.88 Å². The first-order valence-corrected chi connectivity index (χ1v) is 3.49. The molecule has 0 saturated heterocycles. The molecule has 0 radical (unpaired) electrons. The van der Waals surface area contributed by atoms with Crippen LogP contribution in [0.5, 0.6) is 0 Å². The standard InChI is InChI=1S/C7H13Cl/c1-4-6(2)7(3)5-8/h6H,3-5H2,1-2H3/t6-/m0/s1. The Balaban J connectivity index is 3.46. The Morgan fingerprint density at radius 3 is 2.38 bits per heavy atom. The van der Waals surface area contributed by atoms with Crippen LogP contribution in [-0.2, 0) is 0 Å². The van der Waals surface area contributed by atoms with Gasteiger partial charge < -0.3 is 0 Å². The highest BCUT2D eigenvalue weighted by Crippen LogP contribution is 2.12. The van der Waals surface area contributed by atoms with Gasteiger partial charge in [0.25, 0.3) is 0 Å². The molecular weight excluding hydrogens is 120 g/mol. The highest BCUT2D eigenvalue weighted by atomic mass is 35.5. The van der Waals surface area contributed by atoms with E-state index >= 15 is 0 Å². The smallest absolute Gasteiger partial charge is 0.0433 e. The zero-order valence-electron chi connectivity index (χ0n) is 5.58. The van der Waals surface area contributed by atoms with Crippen LogP contribution in [0.15, 0.2) is 12.2 Å². The monoisotopic (exact) mass is 132 g/mol. The quantitative estimate of drug-likeness (QED) is 0.409. The molecule has 0 aromatic heterocycles. The van der Waals surface area contributed by atoms with Crippen molar-refractivity contribution in [3.05, 3.63) is 12.2 Å². The van der Waals surface area contributed by atoms with Crippen LogP contribution < -0.4 is 0 Å². The molecule has 0 aliphatic heterocycles. The summed E-state index contributed by atoms with van der Waals surface area (Å²) in [6, 6.07) is 0. The minimum absolute atomic E-state index is 0.590. The molecule has 0 aliphatic carbocycles. The normalized spacial score (nSPS) is 13.4. The lowest BCUT2D eigenvalue weighted by Gasteiger charge is -2.07. The van der Waals surface area contributed by atoms with Gasteiger partial charge in [-0.1, -0.05) is 26.0 Å². The Labute approximate surface area is 56.5 Å². The first-order valence-electron chi connectivity index (χ1n) is 2.96. The Morgan fingerprint density at radius 1 is 1.75 bits per heavy atom.